The molecule has 0 unspecified atom stereocenters. The van der Waals surface area contributed by atoms with Crippen LogP contribution in [0.25, 0.3) is 0 Å². The van der Waals surface area contributed by atoms with Gasteiger partial charge in [0.2, 0.25) is 5.91 Å². The number of aryl methyl sites for hydroxylation is 1. The lowest BCUT2D eigenvalue weighted by molar-refractivity contribution is -0.116. The van der Waals surface area contributed by atoms with Crippen LogP contribution in [0.5, 0.6) is 11.5 Å². The van der Waals surface area contributed by atoms with Crippen molar-refractivity contribution in [1.82, 2.24) is 5.32 Å². The number of hydrogen-bond acceptors (Lipinski definition) is 6. The third kappa shape index (κ3) is 8.79. The molecule has 0 aliphatic carbocycles. The van der Waals surface area contributed by atoms with Crippen molar-refractivity contribution in [3.8, 4) is 11.5 Å². The van der Waals surface area contributed by atoms with Crippen LogP contribution in [-0.2, 0) is 16.1 Å². The first-order chi connectivity index (χ1) is 17.4. The topological polar surface area (TPSA) is 103 Å². The van der Waals surface area contributed by atoms with Gasteiger partial charge in [0.25, 0.3) is 5.91 Å². The van der Waals surface area contributed by atoms with Crippen LogP contribution in [0.2, 0.25) is 0 Å². The highest BCUT2D eigenvalue weighted by molar-refractivity contribution is 5.94. The summed E-state index contributed by atoms with van der Waals surface area (Å²) >= 11 is 0. The Balaban J connectivity index is 1.41. The van der Waals surface area contributed by atoms with Gasteiger partial charge in [0.05, 0.1) is 13.2 Å². The molecule has 0 saturated heterocycles. The van der Waals surface area contributed by atoms with Gasteiger partial charge in [0.1, 0.15) is 11.5 Å². The Kier molecular flexibility index (Phi) is 9.88. The van der Waals surface area contributed by atoms with E-state index in [1.165, 1.54) is 17.7 Å². The number of nitrogens with one attached hydrogen (secondary N) is 2. The second kappa shape index (κ2) is 13.5. The minimum atomic E-state index is -0.794. The molecule has 0 aliphatic heterocycles. The van der Waals surface area contributed by atoms with E-state index in [1.54, 1.807) is 25.1 Å². The van der Waals surface area contributed by atoms with Gasteiger partial charge < -0.3 is 24.8 Å². The molecule has 3 aromatic rings. The van der Waals surface area contributed by atoms with Gasteiger partial charge in [-0.1, -0.05) is 29.8 Å². The molecule has 0 heterocycles. The highest BCUT2D eigenvalue weighted by atomic mass is 16.7. The maximum Gasteiger partial charge on any atom is 0.513 e. The van der Waals surface area contributed by atoms with E-state index in [0.717, 1.165) is 11.3 Å². The largest absolute Gasteiger partial charge is 0.513 e. The summed E-state index contributed by atoms with van der Waals surface area (Å²) < 4.78 is 15.4. The summed E-state index contributed by atoms with van der Waals surface area (Å²) in [6, 6.07) is 21.2. The molecular formula is C28H30N2O6. The van der Waals surface area contributed by atoms with Crippen molar-refractivity contribution >= 4 is 23.7 Å². The van der Waals surface area contributed by atoms with E-state index in [1.807, 2.05) is 49.4 Å². The molecule has 0 aliphatic rings. The fourth-order valence-electron chi connectivity index (χ4n) is 3.24. The summed E-state index contributed by atoms with van der Waals surface area (Å²) in [5.74, 6) is 0.696. The fraction of sp³-hybridized carbons (Fsp3) is 0.250. The molecule has 8 nitrogen and oxygen atoms in total. The quantitative estimate of drug-likeness (QED) is 0.216. The highest BCUT2D eigenvalue weighted by Crippen LogP contribution is 2.15. The molecule has 36 heavy (non-hydrogen) atoms. The molecule has 0 fully saturated rings. The maximum absolute atomic E-state index is 12.5. The van der Waals surface area contributed by atoms with Crippen molar-refractivity contribution in [2.75, 3.05) is 18.5 Å². The molecule has 2 amide bonds. The van der Waals surface area contributed by atoms with Crippen molar-refractivity contribution in [3.05, 3.63) is 89.5 Å². The number of hydrogen-bond donors (Lipinski definition) is 2. The Morgan fingerprint density at radius 3 is 2.33 bits per heavy atom. The van der Waals surface area contributed by atoms with Crippen molar-refractivity contribution < 1.29 is 28.6 Å². The van der Waals surface area contributed by atoms with Gasteiger partial charge in [-0.25, -0.2) is 4.79 Å². The molecule has 0 saturated carbocycles. The summed E-state index contributed by atoms with van der Waals surface area (Å²) in [5, 5.41) is 5.72. The molecule has 3 rings (SSSR count). The van der Waals surface area contributed by atoms with E-state index in [0.29, 0.717) is 30.7 Å². The van der Waals surface area contributed by atoms with Gasteiger partial charge in [-0.15, -0.1) is 0 Å². The third-order valence-electron chi connectivity index (χ3n) is 5.08. The number of benzene rings is 3. The van der Waals surface area contributed by atoms with E-state index < -0.39 is 6.16 Å². The number of amides is 2. The highest BCUT2D eigenvalue weighted by Gasteiger charge is 2.09. The van der Waals surface area contributed by atoms with Crippen molar-refractivity contribution in [3.63, 3.8) is 0 Å². The third-order valence-corrected chi connectivity index (χ3v) is 5.08. The molecule has 0 bridgehead atoms. The number of anilines is 1. The van der Waals surface area contributed by atoms with Gasteiger partial charge >= 0.3 is 6.16 Å². The molecular weight excluding hydrogens is 460 g/mol. The van der Waals surface area contributed by atoms with Crippen LogP contribution in [0.1, 0.15) is 41.3 Å². The average molecular weight is 491 g/mol. The SMILES string of the molecule is CCOC(=O)Oc1ccc(C(=O)NCc2cccc(NC(=O)CCCOc3ccc(C)cc3)c2)cc1. The van der Waals surface area contributed by atoms with E-state index in [9.17, 15) is 14.4 Å². The Hall–Kier alpha value is -4.33. The molecule has 0 spiro atoms. The summed E-state index contributed by atoms with van der Waals surface area (Å²) in [6.07, 6.45) is 0.138. The zero-order valence-electron chi connectivity index (χ0n) is 20.4. The van der Waals surface area contributed by atoms with E-state index in [2.05, 4.69) is 10.6 Å². The van der Waals surface area contributed by atoms with Gasteiger partial charge in [-0.2, -0.15) is 0 Å². The van der Waals surface area contributed by atoms with Crippen molar-refractivity contribution in [1.29, 1.82) is 0 Å². The zero-order chi connectivity index (χ0) is 25.8. The first-order valence-electron chi connectivity index (χ1n) is 11.7. The first kappa shape index (κ1) is 26.3. The summed E-state index contributed by atoms with van der Waals surface area (Å²) in [5.41, 5.74) is 3.08. The second-order valence-electron chi connectivity index (χ2n) is 8.01. The molecule has 0 radical (unpaired) electrons. The predicted octanol–water partition coefficient (Wildman–Crippen LogP) is 5.26. The zero-order valence-corrected chi connectivity index (χ0v) is 20.4. The van der Waals surface area contributed by atoms with Crippen LogP contribution in [0.3, 0.4) is 0 Å². The minimum Gasteiger partial charge on any atom is -0.494 e. The Labute approximate surface area is 210 Å². The molecule has 188 valence electrons. The van der Waals surface area contributed by atoms with Crippen molar-refractivity contribution in [2.24, 2.45) is 0 Å². The van der Waals surface area contributed by atoms with Gasteiger partial charge in [-0.3, -0.25) is 9.59 Å². The Morgan fingerprint density at radius 1 is 0.889 bits per heavy atom. The van der Waals surface area contributed by atoms with Gasteiger partial charge in [0.15, 0.2) is 0 Å². The van der Waals surface area contributed by atoms with Crippen LogP contribution in [0, 0.1) is 6.92 Å². The Bertz CT molecular complexity index is 1160. The number of ether oxygens (including phenoxy) is 3. The maximum atomic E-state index is 12.5. The number of carbonyl (C=O) groups is 3. The van der Waals surface area contributed by atoms with E-state index in [4.69, 9.17) is 14.2 Å². The standard InChI is InChI=1S/C28H30N2O6/c1-3-34-28(33)36-25-15-11-22(12-16-25)27(32)29-19-21-6-4-7-23(18-21)30-26(31)8-5-17-35-24-13-9-20(2)10-14-24/h4,6-7,9-16,18H,3,5,8,17,19H2,1-2H3,(H,29,32)(H,30,31). The van der Waals surface area contributed by atoms with Gasteiger partial charge in [-0.05, 0) is 74.4 Å². The van der Waals surface area contributed by atoms with E-state index in [-0.39, 0.29) is 30.7 Å². The lowest BCUT2D eigenvalue weighted by Crippen LogP contribution is -2.22. The summed E-state index contributed by atoms with van der Waals surface area (Å²) in [4.78, 5) is 36.1. The predicted molar refractivity (Wildman–Crippen MR) is 136 cm³/mol. The summed E-state index contributed by atoms with van der Waals surface area (Å²) in [7, 11) is 0. The minimum absolute atomic E-state index is 0.103. The molecule has 2 N–H and O–H groups in total. The lowest BCUT2D eigenvalue weighted by atomic mass is 10.1. The number of rotatable bonds is 11. The second-order valence-corrected chi connectivity index (χ2v) is 8.01. The molecule has 0 atom stereocenters. The van der Waals surface area contributed by atoms with Crippen LogP contribution >= 0.6 is 0 Å². The normalized spacial score (nSPS) is 10.3. The first-order valence-corrected chi connectivity index (χ1v) is 11.7. The fourth-order valence-corrected chi connectivity index (χ4v) is 3.24. The Morgan fingerprint density at radius 2 is 1.61 bits per heavy atom. The smallest absolute Gasteiger partial charge is 0.494 e. The van der Waals surface area contributed by atoms with Crippen LogP contribution in [0.4, 0.5) is 10.5 Å². The van der Waals surface area contributed by atoms with Crippen LogP contribution < -0.4 is 20.1 Å². The monoisotopic (exact) mass is 490 g/mol. The van der Waals surface area contributed by atoms with Crippen LogP contribution in [0.15, 0.2) is 72.8 Å². The van der Waals surface area contributed by atoms with Crippen molar-refractivity contribution in [2.45, 2.75) is 33.2 Å². The molecule has 8 heteroatoms. The summed E-state index contributed by atoms with van der Waals surface area (Å²) in [6.45, 7) is 4.66. The van der Waals surface area contributed by atoms with E-state index >= 15 is 0 Å². The molecule has 0 aromatic heterocycles. The molecule has 3 aromatic carbocycles. The lowest BCUT2D eigenvalue weighted by Gasteiger charge is -2.10. The number of carbonyl (C=O) groups excluding carboxylic acids is 3. The average Bonchev–Trinajstić information content (AvgIpc) is 2.87. The van der Waals surface area contributed by atoms with Gasteiger partial charge in [0, 0.05) is 24.2 Å². The van der Waals surface area contributed by atoms with Crippen LogP contribution in [-0.4, -0.2) is 31.2 Å².